The van der Waals surface area contributed by atoms with Crippen LogP contribution in [0.2, 0.25) is 0 Å². The Labute approximate surface area is 146 Å². The zero-order chi connectivity index (χ0) is 18.6. The lowest BCUT2D eigenvalue weighted by Crippen LogP contribution is -2.26. The lowest BCUT2D eigenvalue weighted by atomic mass is 10.2. The van der Waals surface area contributed by atoms with Crippen LogP contribution in [0.3, 0.4) is 0 Å². The van der Waals surface area contributed by atoms with Crippen LogP contribution in [-0.2, 0) is 16.6 Å². The Hall–Kier alpha value is -2.32. The zero-order valence-electron chi connectivity index (χ0n) is 14.4. The van der Waals surface area contributed by atoms with Gasteiger partial charge in [-0.25, -0.2) is 12.8 Å². The molecule has 6 nitrogen and oxygen atoms in total. The van der Waals surface area contributed by atoms with Crippen molar-refractivity contribution in [1.82, 2.24) is 4.31 Å². The van der Waals surface area contributed by atoms with Gasteiger partial charge in [0.2, 0.25) is 10.0 Å². The number of methoxy groups -OCH3 is 3. The highest BCUT2D eigenvalue weighted by Gasteiger charge is 2.23. The van der Waals surface area contributed by atoms with E-state index in [2.05, 4.69) is 0 Å². The maximum absolute atomic E-state index is 13.8. The summed E-state index contributed by atoms with van der Waals surface area (Å²) < 4.78 is 55.4. The van der Waals surface area contributed by atoms with Crippen LogP contribution in [0.1, 0.15) is 5.56 Å². The van der Waals surface area contributed by atoms with Gasteiger partial charge >= 0.3 is 0 Å². The second-order valence-electron chi connectivity index (χ2n) is 5.25. The molecule has 0 fully saturated rings. The van der Waals surface area contributed by atoms with Crippen molar-refractivity contribution in [3.63, 3.8) is 0 Å². The second kappa shape index (κ2) is 7.71. The molecule has 2 aromatic carbocycles. The highest BCUT2D eigenvalue weighted by molar-refractivity contribution is 7.89. The summed E-state index contributed by atoms with van der Waals surface area (Å²) in [5.41, 5.74) is 0.706. The van der Waals surface area contributed by atoms with Crippen molar-refractivity contribution in [2.24, 2.45) is 0 Å². The Morgan fingerprint density at radius 1 is 0.920 bits per heavy atom. The van der Waals surface area contributed by atoms with Crippen LogP contribution in [0, 0.1) is 5.82 Å². The summed E-state index contributed by atoms with van der Waals surface area (Å²) in [6.45, 7) is 0.0936. The van der Waals surface area contributed by atoms with Crippen molar-refractivity contribution >= 4 is 10.0 Å². The number of sulfonamides is 1. The zero-order valence-corrected chi connectivity index (χ0v) is 15.3. The van der Waals surface area contributed by atoms with E-state index in [1.807, 2.05) is 0 Å². The van der Waals surface area contributed by atoms with Gasteiger partial charge in [-0.05, 0) is 35.9 Å². The van der Waals surface area contributed by atoms with Gasteiger partial charge in [0.1, 0.15) is 0 Å². The largest absolute Gasteiger partial charge is 0.494 e. The first-order chi connectivity index (χ1) is 11.8. The third kappa shape index (κ3) is 4.02. The Kier molecular flexibility index (Phi) is 5.86. The molecule has 0 N–H and O–H groups in total. The summed E-state index contributed by atoms with van der Waals surface area (Å²) in [4.78, 5) is -0.145. The molecule has 0 bridgehead atoms. The fourth-order valence-corrected chi connectivity index (χ4v) is 3.48. The molecule has 0 saturated carbocycles. The minimum atomic E-state index is -3.85. The maximum Gasteiger partial charge on any atom is 0.243 e. The van der Waals surface area contributed by atoms with Gasteiger partial charge in [0.25, 0.3) is 0 Å². The van der Waals surface area contributed by atoms with Crippen LogP contribution in [0.4, 0.5) is 4.39 Å². The Balaban J connectivity index is 2.27. The monoisotopic (exact) mass is 369 g/mol. The summed E-state index contributed by atoms with van der Waals surface area (Å²) >= 11 is 0. The minimum Gasteiger partial charge on any atom is -0.494 e. The molecule has 0 aromatic heterocycles. The van der Waals surface area contributed by atoms with Gasteiger partial charge in [-0.15, -0.1) is 0 Å². The molecule has 2 rings (SSSR count). The molecule has 8 heteroatoms. The van der Waals surface area contributed by atoms with E-state index in [1.165, 1.54) is 40.5 Å². The van der Waals surface area contributed by atoms with Gasteiger partial charge in [-0.1, -0.05) is 6.07 Å². The molecule has 2 aromatic rings. The lowest BCUT2D eigenvalue weighted by molar-refractivity contribution is 0.354. The quantitative estimate of drug-likeness (QED) is 0.751. The predicted molar refractivity (Wildman–Crippen MR) is 91.2 cm³/mol. The SMILES string of the molecule is COc1ccc(S(=O)(=O)N(C)Cc2ccc(OC)c(OC)c2)cc1F. The van der Waals surface area contributed by atoms with Crippen LogP contribution in [-0.4, -0.2) is 41.1 Å². The van der Waals surface area contributed by atoms with Crippen LogP contribution in [0.5, 0.6) is 17.2 Å². The molecule has 136 valence electrons. The van der Waals surface area contributed by atoms with E-state index < -0.39 is 15.8 Å². The van der Waals surface area contributed by atoms with E-state index in [-0.39, 0.29) is 17.2 Å². The van der Waals surface area contributed by atoms with Gasteiger partial charge in [0, 0.05) is 13.6 Å². The lowest BCUT2D eigenvalue weighted by Gasteiger charge is -2.18. The summed E-state index contributed by atoms with van der Waals surface area (Å²) in [7, 11) is 1.91. The number of hydrogen-bond donors (Lipinski definition) is 0. The average Bonchev–Trinajstić information content (AvgIpc) is 2.61. The van der Waals surface area contributed by atoms with Crippen LogP contribution < -0.4 is 14.2 Å². The minimum absolute atomic E-state index is 0.0125. The highest BCUT2D eigenvalue weighted by atomic mass is 32.2. The normalized spacial score (nSPS) is 11.4. The fraction of sp³-hybridized carbons (Fsp3) is 0.294. The van der Waals surface area contributed by atoms with Gasteiger partial charge < -0.3 is 14.2 Å². The first kappa shape index (κ1) is 19.0. The number of hydrogen-bond acceptors (Lipinski definition) is 5. The smallest absolute Gasteiger partial charge is 0.243 e. The van der Waals surface area contributed by atoms with Gasteiger partial charge in [-0.3, -0.25) is 0 Å². The predicted octanol–water partition coefficient (Wildman–Crippen LogP) is 2.67. The van der Waals surface area contributed by atoms with Crippen molar-refractivity contribution in [3.05, 3.63) is 47.8 Å². The third-order valence-electron chi connectivity index (χ3n) is 3.68. The summed E-state index contributed by atoms with van der Waals surface area (Å²) in [6.07, 6.45) is 0. The van der Waals surface area contributed by atoms with Gasteiger partial charge in [0.05, 0.1) is 26.2 Å². The standard InChI is InChI=1S/C17H20FNO5S/c1-19(11-12-5-7-16(23-3)17(9-12)24-4)25(20,21)13-6-8-15(22-2)14(18)10-13/h5-10H,11H2,1-4H3. The molecule has 0 aliphatic rings. The van der Waals surface area contributed by atoms with E-state index in [1.54, 1.807) is 18.2 Å². The molecule has 0 saturated heterocycles. The molecule has 25 heavy (non-hydrogen) atoms. The molecule has 0 amide bonds. The Bertz CT molecular complexity index is 854. The van der Waals surface area contributed by atoms with E-state index in [9.17, 15) is 12.8 Å². The number of benzene rings is 2. The molecule has 0 aliphatic carbocycles. The van der Waals surface area contributed by atoms with Crippen molar-refractivity contribution in [2.45, 2.75) is 11.4 Å². The van der Waals surface area contributed by atoms with Crippen molar-refractivity contribution in [3.8, 4) is 17.2 Å². The molecular weight excluding hydrogens is 349 g/mol. The van der Waals surface area contributed by atoms with E-state index in [0.29, 0.717) is 17.1 Å². The number of ether oxygens (including phenoxy) is 3. The van der Waals surface area contributed by atoms with E-state index in [0.717, 1.165) is 10.4 Å². The first-order valence-corrected chi connectivity index (χ1v) is 8.78. The molecular formula is C17H20FNO5S. The topological polar surface area (TPSA) is 65.1 Å². The number of halogens is 1. The van der Waals surface area contributed by atoms with Gasteiger partial charge in [-0.2, -0.15) is 4.31 Å². The van der Waals surface area contributed by atoms with Crippen LogP contribution in [0.15, 0.2) is 41.3 Å². The first-order valence-electron chi connectivity index (χ1n) is 7.34. The molecule has 0 atom stereocenters. The van der Waals surface area contributed by atoms with Crippen LogP contribution >= 0.6 is 0 Å². The Morgan fingerprint density at radius 3 is 2.08 bits per heavy atom. The van der Waals surface area contributed by atoms with Crippen molar-refractivity contribution in [2.75, 3.05) is 28.4 Å². The summed E-state index contributed by atoms with van der Waals surface area (Å²) in [6, 6.07) is 8.66. The maximum atomic E-state index is 13.8. The molecule has 0 spiro atoms. The number of rotatable bonds is 7. The summed E-state index contributed by atoms with van der Waals surface area (Å²) in [5.74, 6) is 0.305. The average molecular weight is 369 g/mol. The van der Waals surface area contributed by atoms with Crippen molar-refractivity contribution < 1.29 is 27.0 Å². The van der Waals surface area contributed by atoms with Crippen LogP contribution in [0.25, 0.3) is 0 Å². The summed E-state index contributed by atoms with van der Waals surface area (Å²) in [5, 5.41) is 0. The molecule has 0 heterocycles. The molecule has 0 radical (unpaired) electrons. The third-order valence-corrected chi connectivity index (χ3v) is 5.48. The van der Waals surface area contributed by atoms with Crippen molar-refractivity contribution in [1.29, 1.82) is 0 Å². The van der Waals surface area contributed by atoms with E-state index >= 15 is 0 Å². The highest BCUT2D eigenvalue weighted by Crippen LogP contribution is 2.29. The Morgan fingerprint density at radius 2 is 1.52 bits per heavy atom. The van der Waals surface area contributed by atoms with Gasteiger partial charge in [0.15, 0.2) is 23.1 Å². The molecule has 0 unspecified atom stereocenters. The second-order valence-corrected chi connectivity index (χ2v) is 7.29. The van der Waals surface area contributed by atoms with E-state index in [4.69, 9.17) is 14.2 Å². The fourth-order valence-electron chi connectivity index (χ4n) is 2.31. The molecule has 0 aliphatic heterocycles. The number of nitrogens with zero attached hydrogens (tertiary/aromatic N) is 1.